The molecule has 0 saturated heterocycles. The van der Waals surface area contributed by atoms with Gasteiger partial charge in [-0.25, -0.2) is 0 Å². The van der Waals surface area contributed by atoms with E-state index in [9.17, 15) is 0 Å². The molecule has 5 heteroatoms. The summed E-state index contributed by atoms with van der Waals surface area (Å²) in [5.41, 5.74) is 7.12. The third-order valence-corrected chi connectivity index (χ3v) is 4.99. The highest BCUT2D eigenvalue weighted by Crippen LogP contribution is 2.44. The quantitative estimate of drug-likeness (QED) is 0.590. The second-order valence-electron chi connectivity index (χ2n) is 7.17. The molecule has 0 spiro atoms. The average molecular weight is 302 g/mol. The molecular weight excluding hydrogens is 276 g/mol. The van der Waals surface area contributed by atoms with Crippen molar-refractivity contribution in [2.75, 3.05) is 6.61 Å². The monoisotopic (exact) mass is 302 g/mol. The minimum atomic E-state index is -0.113. The van der Waals surface area contributed by atoms with Gasteiger partial charge in [0, 0.05) is 23.2 Å². The zero-order chi connectivity index (χ0) is 15.7. The lowest BCUT2D eigenvalue weighted by molar-refractivity contribution is 0.115. The van der Waals surface area contributed by atoms with E-state index in [4.69, 9.17) is 21.3 Å². The normalized spacial score (nSPS) is 20.6. The van der Waals surface area contributed by atoms with Crippen LogP contribution in [0.2, 0.25) is 0 Å². The molecule has 120 valence electrons. The lowest BCUT2D eigenvalue weighted by Gasteiger charge is -2.33. The molecule has 2 aliphatic rings. The summed E-state index contributed by atoms with van der Waals surface area (Å²) in [5, 5.41) is 15.6. The number of nitrogens with one attached hydrogen (secondary N) is 2. The van der Waals surface area contributed by atoms with Crippen LogP contribution in [0, 0.1) is 16.2 Å². The van der Waals surface area contributed by atoms with Crippen molar-refractivity contribution in [3.63, 3.8) is 0 Å². The third-order valence-electron chi connectivity index (χ3n) is 4.99. The smallest absolute Gasteiger partial charge is 0.198 e. The second-order valence-corrected chi connectivity index (χ2v) is 7.17. The fourth-order valence-electron chi connectivity index (χ4n) is 3.38. The summed E-state index contributed by atoms with van der Waals surface area (Å²) in [5.74, 6) is 1.20. The molecule has 0 amide bonds. The Bertz CT molecular complexity index is 624. The molecule has 5 nitrogen and oxygen atoms in total. The van der Waals surface area contributed by atoms with Crippen molar-refractivity contribution in [2.24, 2.45) is 11.1 Å². The first-order valence-corrected chi connectivity index (χ1v) is 8.27. The summed E-state index contributed by atoms with van der Waals surface area (Å²) in [6.07, 6.45) is 10.5. The van der Waals surface area contributed by atoms with Crippen LogP contribution >= 0.6 is 0 Å². The molecule has 0 unspecified atom stereocenters. The zero-order valence-electron chi connectivity index (χ0n) is 13.3. The molecule has 0 aromatic carbocycles. The SMILES string of the molecule is CC1(COc2cc(=N)n(C(=N)N)cc2C2CC2)CCCCC1. The Hall–Kier alpha value is -1.78. The van der Waals surface area contributed by atoms with Crippen molar-refractivity contribution in [3.8, 4) is 5.75 Å². The molecular formula is C17H26N4O. The van der Waals surface area contributed by atoms with Gasteiger partial charge in [-0.1, -0.05) is 26.2 Å². The molecule has 0 aliphatic heterocycles. The molecule has 0 atom stereocenters. The molecule has 1 aromatic heterocycles. The minimum Gasteiger partial charge on any atom is -0.493 e. The van der Waals surface area contributed by atoms with Crippen LogP contribution in [-0.4, -0.2) is 17.1 Å². The van der Waals surface area contributed by atoms with Crippen molar-refractivity contribution in [1.82, 2.24) is 4.57 Å². The molecule has 2 saturated carbocycles. The van der Waals surface area contributed by atoms with E-state index in [2.05, 4.69) is 6.92 Å². The van der Waals surface area contributed by atoms with Gasteiger partial charge in [-0.3, -0.25) is 15.4 Å². The fraction of sp³-hybridized carbons (Fsp3) is 0.647. The summed E-state index contributed by atoms with van der Waals surface area (Å²) in [4.78, 5) is 0. The Balaban J connectivity index is 1.82. The highest BCUT2D eigenvalue weighted by molar-refractivity contribution is 5.77. The summed E-state index contributed by atoms with van der Waals surface area (Å²) in [7, 11) is 0. The van der Waals surface area contributed by atoms with Gasteiger partial charge in [0.2, 0.25) is 0 Å². The van der Waals surface area contributed by atoms with Gasteiger partial charge in [0.25, 0.3) is 0 Å². The molecule has 3 rings (SSSR count). The van der Waals surface area contributed by atoms with Crippen LogP contribution in [0.4, 0.5) is 0 Å². The Morgan fingerprint density at radius 2 is 2.05 bits per heavy atom. The van der Waals surface area contributed by atoms with Gasteiger partial charge in [-0.05, 0) is 31.6 Å². The van der Waals surface area contributed by atoms with Crippen LogP contribution < -0.4 is 16.0 Å². The maximum absolute atomic E-state index is 8.03. The van der Waals surface area contributed by atoms with E-state index in [1.807, 2.05) is 6.20 Å². The number of aromatic nitrogens is 1. The molecule has 1 heterocycles. The van der Waals surface area contributed by atoms with Crippen molar-refractivity contribution in [2.45, 2.75) is 57.8 Å². The highest BCUT2D eigenvalue weighted by Gasteiger charge is 2.31. The molecule has 2 fully saturated rings. The topological polar surface area (TPSA) is 87.9 Å². The Morgan fingerprint density at radius 3 is 2.64 bits per heavy atom. The van der Waals surface area contributed by atoms with Gasteiger partial charge >= 0.3 is 0 Å². The molecule has 22 heavy (non-hydrogen) atoms. The lowest BCUT2D eigenvalue weighted by Crippen LogP contribution is -2.33. The lowest BCUT2D eigenvalue weighted by atomic mass is 9.76. The predicted molar refractivity (Wildman–Crippen MR) is 86.3 cm³/mol. The predicted octanol–water partition coefficient (Wildman–Crippen LogP) is 2.94. The van der Waals surface area contributed by atoms with Gasteiger partial charge in [0.05, 0.1) is 6.61 Å². The Morgan fingerprint density at radius 1 is 1.36 bits per heavy atom. The van der Waals surface area contributed by atoms with Crippen LogP contribution in [0.15, 0.2) is 12.3 Å². The van der Waals surface area contributed by atoms with E-state index < -0.39 is 0 Å². The number of nitrogens with two attached hydrogens (primary N) is 1. The summed E-state index contributed by atoms with van der Waals surface area (Å²) >= 11 is 0. The van der Waals surface area contributed by atoms with Crippen LogP contribution in [0.5, 0.6) is 5.75 Å². The number of pyridine rings is 1. The summed E-state index contributed by atoms with van der Waals surface area (Å²) in [6, 6.07) is 1.72. The van der Waals surface area contributed by atoms with E-state index in [-0.39, 0.29) is 16.9 Å². The van der Waals surface area contributed by atoms with E-state index in [0.29, 0.717) is 5.92 Å². The fourth-order valence-corrected chi connectivity index (χ4v) is 3.38. The van der Waals surface area contributed by atoms with Crippen molar-refractivity contribution < 1.29 is 4.74 Å². The minimum absolute atomic E-state index is 0.113. The third kappa shape index (κ3) is 3.18. The maximum Gasteiger partial charge on any atom is 0.198 e. The Labute approximate surface area is 131 Å². The van der Waals surface area contributed by atoms with Crippen LogP contribution in [-0.2, 0) is 0 Å². The van der Waals surface area contributed by atoms with E-state index in [0.717, 1.165) is 30.8 Å². The van der Waals surface area contributed by atoms with Crippen molar-refractivity contribution >= 4 is 5.96 Å². The van der Waals surface area contributed by atoms with E-state index in [1.54, 1.807) is 6.07 Å². The number of hydrogen-bond donors (Lipinski definition) is 3. The first-order chi connectivity index (χ1) is 10.5. The zero-order valence-corrected chi connectivity index (χ0v) is 13.3. The summed E-state index contributed by atoms with van der Waals surface area (Å²) < 4.78 is 7.57. The van der Waals surface area contributed by atoms with Crippen molar-refractivity contribution in [1.29, 1.82) is 10.8 Å². The number of nitrogens with zero attached hydrogens (tertiary/aromatic N) is 1. The maximum atomic E-state index is 8.03. The van der Waals surface area contributed by atoms with E-state index >= 15 is 0 Å². The van der Waals surface area contributed by atoms with Crippen LogP contribution in [0.25, 0.3) is 0 Å². The number of rotatable bonds is 4. The van der Waals surface area contributed by atoms with Gasteiger partial charge in [0.1, 0.15) is 11.2 Å². The highest BCUT2D eigenvalue weighted by atomic mass is 16.5. The Kier molecular flexibility index (Phi) is 3.98. The van der Waals surface area contributed by atoms with Crippen LogP contribution in [0.3, 0.4) is 0 Å². The first kappa shape index (κ1) is 15.1. The molecule has 0 bridgehead atoms. The van der Waals surface area contributed by atoms with Gasteiger partial charge < -0.3 is 10.5 Å². The number of ether oxygens (including phenoxy) is 1. The number of nitrogen functional groups attached to an aromatic ring is 1. The van der Waals surface area contributed by atoms with Gasteiger partial charge in [0.15, 0.2) is 5.96 Å². The first-order valence-electron chi connectivity index (χ1n) is 8.27. The summed E-state index contributed by atoms with van der Waals surface area (Å²) in [6.45, 7) is 3.03. The van der Waals surface area contributed by atoms with Crippen LogP contribution in [0.1, 0.15) is 63.4 Å². The molecule has 0 radical (unpaired) electrons. The molecule has 2 aliphatic carbocycles. The van der Waals surface area contributed by atoms with Crippen molar-refractivity contribution in [3.05, 3.63) is 23.3 Å². The van der Waals surface area contributed by atoms with Gasteiger partial charge in [-0.2, -0.15) is 0 Å². The number of hydrogen-bond acceptors (Lipinski definition) is 3. The molecule has 1 aromatic rings. The average Bonchev–Trinajstić information content (AvgIpc) is 3.30. The second kappa shape index (κ2) is 5.78. The molecule has 4 N–H and O–H groups in total. The van der Waals surface area contributed by atoms with Gasteiger partial charge in [-0.15, -0.1) is 0 Å². The standard InChI is InChI=1S/C17H26N4O/c1-17(7-3-2-4-8-17)11-22-14-9-15(18)21(16(19)20)10-13(14)12-5-6-12/h9-10,12,18H,2-8,11H2,1H3,(H3,19,20). The van der Waals surface area contributed by atoms with E-state index in [1.165, 1.54) is 36.7 Å². The largest absolute Gasteiger partial charge is 0.493 e.